The average molecular weight is 439 g/mol. The van der Waals surface area contributed by atoms with Gasteiger partial charge in [0.25, 0.3) is 0 Å². The van der Waals surface area contributed by atoms with Crippen LogP contribution in [-0.4, -0.2) is 23.0 Å². The molecular formula is C24H20F3N3O2. The van der Waals surface area contributed by atoms with Crippen LogP contribution in [0.4, 0.5) is 18.9 Å². The molecule has 4 aromatic rings. The van der Waals surface area contributed by atoms with E-state index >= 15 is 0 Å². The minimum atomic E-state index is -4.47. The zero-order valence-corrected chi connectivity index (χ0v) is 17.2. The van der Waals surface area contributed by atoms with Gasteiger partial charge >= 0.3 is 6.18 Å². The summed E-state index contributed by atoms with van der Waals surface area (Å²) in [6.07, 6.45) is -0.799. The highest BCUT2D eigenvalue weighted by atomic mass is 19.4. The van der Waals surface area contributed by atoms with Gasteiger partial charge in [0, 0.05) is 47.0 Å². The Kier molecular flexibility index (Phi) is 5.85. The summed E-state index contributed by atoms with van der Waals surface area (Å²) in [6.45, 7) is 0. The summed E-state index contributed by atoms with van der Waals surface area (Å²) in [5, 5.41) is 3.81. The number of hydrogen-bond donors (Lipinski definition) is 2. The number of aromatic nitrogens is 2. The van der Waals surface area contributed by atoms with Gasteiger partial charge in [0.15, 0.2) is 0 Å². The predicted octanol–water partition coefficient (Wildman–Crippen LogP) is 5.83. The summed E-state index contributed by atoms with van der Waals surface area (Å²) >= 11 is 0. The van der Waals surface area contributed by atoms with Crippen molar-refractivity contribution < 1.29 is 22.7 Å². The topological polar surface area (TPSA) is 67.0 Å². The number of alkyl halides is 3. The number of aryl methyl sites for hydroxylation is 1. The van der Waals surface area contributed by atoms with E-state index in [4.69, 9.17) is 4.74 Å². The second-order valence-electron chi connectivity index (χ2n) is 7.29. The van der Waals surface area contributed by atoms with Crippen molar-refractivity contribution in [3.63, 3.8) is 0 Å². The Hall–Kier alpha value is -3.81. The maximum Gasteiger partial charge on any atom is 0.416 e. The number of pyridine rings is 1. The van der Waals surface area contributed by atoms with Crippen molar-refractivity contribution >= 4 is 22.5 Å². The molecule has 1 amide bonds. The summed E-state index contributed by atoms with van der Waals surface area (Å²) in [5.41, 5.74) is 2.40. The number of methoxy groups -OCH3 is 1. The van der Waals surface area contributed by atoms with Gasteiger partial charge in [0.05, 0.1) is 12.7 Å². The molecule has 0 fully saturated rings. The molecule has 0 radical (unpaired) electrons. The van der Waals surface area contributed by atoms with Crippen LogP contribution in [0.1, 0.15) is 17.5 Å². The Morgan fingerprint density at radius 1 is 1.09 bits per heavy atom. The molecule has 5 nitrogen and oxygen atoms in total. The quantitative estimate of drug-likeness (QED) is 0.397. The maximum absolute atomic E-state index is 13.3. The molecule has 32 heavy (non-hydrogen) atoms. The van der Waals surface area contributed by atoms with E-state index in [9.17, 15) is 18.0 Å². The number of H-pyrrole nitrogens is 1. The first-order valence-corrected chi connectivity index (χ1v) is 9.91. The van der Waals surface area contributed by atoms with E-state index in [0.717, 1.165) is 23.0 Å². The van der Waals surface area contributed by atoms with Crippen LogP contribution in [0.15, 0.2) is 67.0 Å². The Morgan fingerprint density at radius 2 is 1.94 bits per heavy atom. The van der Waals surface area contributed by atoms with Gasteiger partial charge in [-0.2, -0.15) is 13.2 Å². The summed E-state index contributed by atoms with van der Waals surface area (Å²) in [7, 11) is 1.46. The van der Waals surface area contributed by atoms with Crippen LogP contribution in [0.25, 0.3) is 22.0 Å². The van der Waals surface area contributed by atoms with Gasteiger partial charge in [0.1, 0.15) is 0 Å². The van der Waals surface area contributed by atoms with Crippen molar-refractivity contribution in [2.24, 2.45) is 0 Å². The normalized spacial score (nSPS) is 11.5. The number of nitrogens with zero attached hydrogens (tertiary/aromatic N) is 1. The number of rotatable bonds is 6. The Balaban J connectivity index is 1.54. The molecule has 2 aromatic heterocycles. The molecule has 0 saturated heterocycles. The number of anilines is 1. The molecule has 0 aliphatic carbocycles. The number of aromatic amines is 1. The molecule has 0 aliphatic heterocycles. The minimum absolute atomic E-state index is 0.118. The van der Waals surface area contributed by atoms with Crippen LogP contribution in [0.2, 0.25) is 0 Å². The van der Waals surface area contributed by atoms with Crippen molar-refractivity contribution in [3.05, 3.63) is 78.1 Å². The van der Waals surface area contributed by atoms with Gasteiger partial charge < -0.3 is 15.0 Å². The van der Waals surface area contributed by atoms with E-state index in [1.54, 1.807) is 18.2 Å². The third-order valence-electron chi connectivity index (χ3n) is 5.15. The summed E-state index contributed by atoms with van der Waals surface area (Å²) < 4.78 is 44.9. The van der Waals surface area contributed by atoms with E-state index in [-0.39, 0.29) is 18.7 Å². The Morgan fingerprint density at radius 3 is 2.66 bits per heavy atom. The van der Waals surface area contributed by atoms with Crippen LogP contribution in [0.5, 0.6) is 5.88 Å². The number of carbonyl (C=O) groups excluding carboxylic acids is 1. The van der Waals surface area contributed by atoms with Crippen LogP contribution in [-0.2, 0) is 17.4 Å². The number of carbonyl (C=O) groups is 1. The maximum atomic E-state index is 13.3. The van der Waals surface area contributed by atoms with Crippen molar-refractivity contribution in [3.8, 4) is 17.0 Å². The predicted molar refractivity (Wildman–Crippen MR) is 116 cm³/mol. The molecule has 4 rings (SSSR count). The summed E-state index contributed by atoms with van der Waals surface area (Å²) in [4.78, 5) is 19.7. The van der Waals surface area contributed by atoms with Gasteiger partial charge in [-0.1, -0.05) is 6.07 Å². The van der Waals surface area contributed by atoms with E-state index in [2.05, 4.69) is 15.3 Å². The fourth-order valence-corrected chi connectivity index (χ4v) is 3.50. The van der Waals surface area contributed by atoms with Gasteiger partial charge in [0.2, 0.25) is 11.8 Å². The van der Waals surface area contributed by atoms with Crippen molar-refractivity contribution in [1.29, 1.82) is 0 Å². The fraction of sp³-hybridized carbons (Fsp3) is 0.167. The van der Waals surface area contributed by atoms with Crippen LogP contribution >= 0.6 is 0 Å². The minimum Gasteiger partial charge on any atom is -0.481 e. The van der Waals surface area contributed by atoms with E-state index in [1.165, 1.54) is 19.4 Å². The zero-order chi connectivity index (χ0) is 22.7. The molecule has 164 valence electrons. The molecule has 0 unspecified atom stereocenters. The van der Waals surface area contributed by atoms with E-state index < -0.39 is 11.7 Å². The van der Waals surface area contributed by atoms with Gasteiger partial charge in [-0.25, -0.2) is 4.98 Å². The molecule has 0 bridgehead atoms. The number of benzene rings is 2. The number of nitrogens with one attached hydrogen (secondary N) is 2. The first kappa shape index (κ1) is 21.4. The molecule has 2 N–H and O–H groups in total. The van der Waals surface area contributed by atoms with Crippen molar-refractivity contribution in [2.45, 2.75) is 19.0 Å². The first-order valence-electron chi connectivity index (χ1n) is 9.91. The van der Waals surface area contributed by atoms with Crippen LogP contribution < -0.4 is 10.1 Å². The Labute approximate surface area is 182 Å². The Bertz CT molecular complexity index is 1250. The third-order valence-corrected chi connectivity index (χ3v) is 5.15. The highest BCUT2D eigenvalue weighted by Gasteiger charge is 2.31. The van der Waals surface area contributed by atoms with Gasteiger partial charge in [-0.15, -0.1) is 0 Å². The third kappa shape index (κ3) is 4.74. The molecule has 0 saturated carbocycles. The van der Waals surface area contributed by atoms with Gasteiger partial charge in [-0.05, 0) is 60.0 Å². The molecular weight excluding hydrogens is 419 g/mol. The second-order valence-corrected chi connectivity index (χ2v) is 7.29. The van der Waals surface area contributed by atoms with Crippen molar-refractivity contribution in [1.82, 2.24) is 9.97 Å². The molecule has 0 spiro atoms. The standard InChI is InChI=1S/C24H20F3N3O2/c1-32-23-9-4-17(14-29-23)20-13-18(24(25,26)27)5-2-15(20)3-8-22(31)30-19-6-7-21-16(12-19)10-11-28-21/h2,4-7,9-14,28H,3,8H2,1H3,(H,30,31). The van der Waals surface area contributed by atoms with E-state index in [1.807, 2.05) is 24.4 Å². The van der Waals surface area contributed by atoms with Gasteiger partial charge in [-0.3, -0.25) is 4.79 Å². The lowest BCUT2D eigenvalue weighted by Crippen LogP contribution is -2.13. The molecule has 2 heterocycles. The highest BCUT2D eigenvalue weighted by Crippen LogP contribution is 2.34. The zero-order valence-electron chi connectivity index (χ0n) is 17.2. The lowest BCUT2D eigenvalue weighted by atomic mass is 9.95. The lowest BCUT2D eigenvalue weighted by Gasteiger charge is -2.14. The number of amides is 1. The van der Waals surface area contributed by atoms with Crippen molar-refractivity contribution in [2.75, 3.05) is 12.4 Å². The first-order chi connectivity index (χ1) is 15.3. The highest BCUT2D eigenvalue weighted by molar-refractivity contribution is 5.94. The monoisotopic (exact) mass is 439 g/mol. The average Bonchev–Trinajstić information content (AvgIpc) is 3.25. The summed E-state index contributed by atoms with van der Waals surface area (Å²) in [5.74, 6) is 0.139. The molecule has 0 atom stereocenters. The number of ether oxygens (including phenoxy) is 1. The number of halogens is 3. The lowest BCUT2D eigenvalue weighted by molar-refractivity contribution is -0.137. The SMILES string of the molecule is COc1ccc(-c2cc(C(F)(F)F)ccc2CCC(=O)Nc2ccc3[nH]ccc3c2)cn1. The largest absolute Gasteiger partial charge is 0.481 e. The fourth-order valence-electron chi connectivity index (χ4n) is 3.50. The molecule has 2 aromatic carbocycles. The molecule has 8 heteroatoms. The smallest absolute Gasteiger partial charge is 0.416 e. The molecule has 0 aliphatic rings. The summed E-state index contributed by atoms with van der Waals surface area (Å²) in [6, 6.07) is 14.2. The number of hydrogen-bond acceptors (Lipinski definition) is 3. The second kappa shape index (κ2) is 8.74. The van der Waals surface area contributed by atoms with Crippen LogP contribution in [0.3, 0.4) is 0 Å². The van der Waals surface area contributed by atoms with E-state index in [0.29, 0.717) is 28.3 Å². The number of fused-ring (bicyclic) bond motifs is 1. The van der Waals surface area contributed by atoms with Crippen LogP contribution in [0, 0.1) is 0 Å².